The molecule has 0 unspecified atom stereocenters. The minimum atomic E-state index is -0.758. The van der Waals surface area contributed by atoms with Crippen LogP contribution >= 0.6 is 34.7 Å². The first kappa shape index (κ1) is 30.4. The molecule has 1 aromatic carbocycles. The van der Waals surface area contributed by atoms with Gasteiger partial charge in [0.25, 0.3) is 5.91 Å². The molecule has 210 valence electrons. The Balaban J connectivity index is 1.36. The summed E-state index contributed by atoms with van der Waals surface area (Å²) in [4.78, 5) is 29.2. The molecule has 0 spiro atoms. The number of carbonyl (C=O) groups is 2. The number of anilines is 1. The Morgan fingerprint density at radius 1 is 1.08 bits per heavy atom. The number of benzene rings is 1. The van der Waals surface area contributed by atoms with Crippen LogP contribution in [0.3, 0.4) is 0 Å². The van der Waals surface area contributed by atoms with Crippen LogP contribution in [0.2, 0.25) is 10.0 Å². The van der Waals surface area contributed by atoms with E-state index in [1.165, 1.54) is 0 Å². The van der Waals surface area contributed by atoms with E-state index in [9.17, 15) is 9.59 Å². The molecule has 5 N–H and O–H groups in total. The number of hydrogen-bond acceptors (Lipinski definition) is 8. The number of piperazine rings is 1. The zero-order valence-electron chi connectivity index (χ0n) is 21.6. The third-order valence-electron chi connectivity index (χ3n) is 6.42. The highest BCUT2D eigenvalue weighted by Crippen LogP contribution is 2.33. The number of primary amides is 1. The lowest BCUT2D eigenvalue weighted by Crippen LogP contribution is -2.47. The molecule has 13 heteroatoms. The molecule has 10 nitrogen and oxygen atoms in total. The van der Waals surface area contributed by atoms with Crippen molar-refractivity contribution < 1.29 is 19.4 Å². The van der Waals surface area contributed by atoms with Gasteiger partial charge in [0.15, 0.2) is 0 Å². The van der Waals surface area contributed by atoms with Gasteiger partial charge in [0.1, 0.15) is 17.2 Å². The molecule has 0 bridgehead atoms. The molecule has 3 amide bonds. The zero-order valence-corrected chi connectivity index (χ0v) is 23.9. The van der Waals surface area contributed by atoms with Crippen molar-refractivity contribution in [3.05, 3.63) is 38.9 Å². The fourth-order valence-electron chi connectivity index (χ4n) is 4.16. The van der Waals surface area contributed by atoms with E-state index in [2.05, 4.69) is 24.8 Å². The maximum atomic E-state index is 12.4. The number of β-amino-alcohol motifs (C(OH)–C–C–N with tert-alkyl or cyclic N) is 1. The monoisotopic (exact) mass is 586 g/mol. The van der Waals surface area contributed by atoms with Gasteiger partial charge in [0, 0.05) is 44.8 Å². The number of nitrogens with two attached hydrogens (primary N) is 1. The van der Waals surface area contributed by atoms with E-state index in [-0.39, 0.29) is 29.7 Å². The maximum absolute atomic E-state index is 12.4. The van der Waals surface area contributed by atoms with Gasteiger partial charge in [-0.1, -0.05) is 48.2 Å². The number of aryl methyl sites for hydroxylation is 1. The summed E-state index contributed by atoms with van der Waals surface area (Å²) < 4.78 is 9.83. The Hall–Kier alpha value is -2.15. The molecular formula is C25H36Cl2N6O4S. The van der Waals surface area contributed by atoms with Crippen molar-refractivity contribution in [3.63, 3.8) is 0 Å². The van der Waals surface area contributed by atoms with Crippen LogP contribution in [0.5, 0.6) is 5.88 Å². The summed E-state index contributed by atoms with van der Waals surface area (Å²) in [6.07, 6.45) is 4.09. The molecule has 0 radical (unpaired) electrons. The summed E-state index contributed by atoms with van der Waals surface area (Å²) in [5.41, 5.74) is 7.02. The van der Waals surface area contributed by atoms with Crippen LogP contribution < -0.4 is 21.1 Å². The number of aromatic nitrogens is 1. The van der Waals surface area contributed by atoms with E-state index in [1.54, 1.807) is 6.07 Å². The van der Waals surface area contributed by atoms with E-state index in [1.807, 2.05) is 13.0 Å². The predicted octanol–water partition coefficient (Wildman–Crippen LogP) is 3.73. The van der Waals surface area contributed by atoms with Crippen molar-refractivity contribution in [2.24, 2.45) is 5.73 Å². The van der Waals surface area contributed by atoms with Crippen molar-refractivity contribution in [3.8, 4) is 5.88 Å². The van der Waals surface area contributed by atoms with E-state index < -0.39 is 11.9 Å². The molecule has 0 saturated carbocycles. The number of amides is 3. The number of nitrogens with one attached hydrogen (secondary N) is 2. The van der Waals surface area contributed by atoms with Crippen molar-refractivity contribution in [1.29, 1.82) is 0 Å². The molecule has 1 aliphatic heterocycles. The van der Waals surface area contributed by atoms with Gasteiger partial charge < -0.3 is 25.8 Å². The third kappa shape index (κ3) is 8.96. The number of ether oxygens (including phenoxy) is 1. The number of hydrogen-bond donors (Lipinski definition) is 4. The van der Waals surface area contributed by atoms with Gasteiger partial charge in [0.05, 0.1) is 16.7 Å². The number of carbonyl (C=O) groups excluding carboxylic acids is 2. The summed E-state index contributed by atoms with van der Waals surface area (Å²) in [6.45, 7) is 8.59. The molecule has 2 heterocycles. The zero-order chi connectivity index (χ0) is 27.5. The fourth-order valence-corrected chi connectivity index (χ4v) is 5.35. The van der Waals surface area contributed by atoms with Crippen molar-refractivity contribution in [2.45, 2.75) is 39.2 Å². The average molecular weight is 588 g/mol. The lowest BCUT2D eigenvalue weighted by molar-refractivity contribution is 0.0996. The second-order valence-electron chi connectivity index (χ2n) is 9.22. The van der Waals surface area contributed by atoms with E-state index in [4.69, 9.17) is 38.8 Å². The molecule has 1 aliphatic rings. The van der Waals surface area contributed by atoms with Crippen LogP contribution in [0.15, 0.2) is 12.1 Å². The lowest BCUT2D eigenvalue weighted by atomic mass is 10.1. The summed E-state index contributed by atoms with van der Waals surface area (Å²) in [5.74, 6) is -0.729. The molecular weight excluding hydrogens is 551 g/mol. The minimum absolute atomic E-state index is 0.0108. The maximum Gasteiger partial charge on any atom is 0.319 e. The quantitative estimate of drug-likeness (QED) is 0.248. The van der Waals surface area contributed by atoms with E-state index in [0.29, 0.717) is 22.2 Å². The Bertz CT molecular complexity index is 1080. The van der Waals surface area contributed by atoms with Gasteiger partial charge in [-0.15, -0.1) is 0 Å². The summed E-state index contributed by atoms with van der Waals surface area (Å²) in [6, 6.07) is 3.17. The first-order valence-corrected chi connectivity index (χ1v) is 14.3. The van der Waals surface area contributed by atoms with Gasteiger partial charge >= 0.3 is 6.03 Å². The van der Waals surface area contributed by atoms with Crippen LogP contribution in [-0.4, -0.2) is 83.6 Å². The van der Waals surface area contributed by atoms with Crippen LogP contribution in [-0.2, 0) is 6.61 Å². The molecule has 1 saturated heterocycles. The number of rotatable bonds is 14. The highest BCUT2D eigenvalue weighted by atomic mass is 35.5. The van der Waals surface area contributed by atoms with Crippen molar-refractivity contribution in [1.82, 2.24) is 19.5 Å². The predicted molar refractivity (Wildman–Crippen MR) is 152 cm³/mol. The Morgan fingerprint density at radius 2 is 1.76 bits per heavy atom. The molecule has 0 aliphatic carbocycles. The van der Waals surface area contributed by atoms with Gasteiger partial charge in [-0.2, -0.15) is 4.37 Å². The Morgan fingerprint density at radius 3 is 2.45 bits per heavy atom. The van der Waals surface area contributed by atoms with Crippen LogP contribution in [0.25, 0.3) is 0 Å². The van der Waals surface area contributed by atoms with Gasteiger partial charge in [-0.25, -0.2) is 4.79 Å². The molecule has 1 aromatic heterocycles. The number of aliphatic hydroxyl groups excluding tert-OH is 1. The van der Waals surface area contributed by atoms with Gasteiger partial charge in [-0.3, -0.25) is 15.0 Å². The smallest absolute Gasteiger partial charge is 0.319 e. The molecule has 3 rings (SSSR count). The first-order chi connectivity index (χ1) is 18.3. The topological polar surface area (TPSA) is 133 Å². The number of nitrogens with zero attached hydrogens (tertiary/aromatic N) is 3. The lowest BCUT2D eigenvalue weighted by Gasteiger charge is -2.34. The highest BCUT2D eigenvalue weighted by Gasteiger charge is 2.22. The Labute approximate surface area is 237 Å². The SMILES string of the molecule is Cc1ccc(COc2nsc(NC(=O)NCCCCCCN3CCN(CCO)CC3)c2C(N)=O)c(Cl)c1Cl. The van der Waals surface area contributed by atoms with Gasteiger partial charge in [-0.05, 0) is 43.4 Å². The number of halogens is 2. The molecule has 1 fully saturated rings. The summed E-state index contributed by atoms with van der Waals surface area (Å²) in [7, 11) is 0. The minimum Gasteiger partial charge on any atom is -0.472 e. The normalized spacial score (nSPS) is 14.4. The van der Waals surface area contributed by atoms with E-state index >= 15 is 0 Å². The van der Waals surface area contributed by atoms with Crippen molar-refractivity contribution in [2.75, 3.05) is 57.7 Å². The largest absolute Gasteiger partial charge is 0.472 e. The van der Waals surface area contributed by atoms with Crippen LogP contribution in [0.1, 0.15) is 47.2 Å². The Kier molecular flexibility index (Phi) is 12.4. The van der Waals surface area contributed by atoms with Gasteiger partial charge in [0.2, 0.25) is 5.88 Å². The number of urea groups is 1. The second-order valence-corrected chi connectivity index (χ2v) is 10.7. The second kappa shape index (κ2) is 15.4. The van der Waals surface area contributed by atoms with Crippen molar-refractivity contribution >= 4 is 51.7 Å². The summed E-state index contributed by atoms with van der Waals surface area (Å²) in [5, 5.41) is 15.5. The first-order valence-electron chi connectivity index (χ1n) is 12.8. The molecule has 0 atom stereocenters. The summed E-state index contributed by atoms with van der Waals surface area (Å²) >= 11 is 13.4. The third-order valence-corrected chi connectivity index (χ3v) is 8.18. The highest BCUT2D eigenvalue weighted by molar-refractivity contribution is 7.11. The number of aliphatic hydroxyl groups is 1. The number of unbranched alkanes of at least 4 members (excludes halogenated alkanes) is 3. The van der Waals surface area contributed by atoms with E-state index in [0.717, 1.165) is 82.0 Å². The van der Waals surface area contributed by atoms with Crippen LogP contribution in [0, 0.1) is 6.92 Å². The van der Waals surface area contributed by atoms with Crippen LogP contribution in [0.4, 0.5) is 9.80 Å². The average Bonchev–Trinajstić information content (AvgIpc) is 3.30. The standard InChI is InChI=1S/C25H36Cl2N6O4S/c1-17-6-7-18(21(27)20(17)26)16-37-23-19(22(28)35)24(38-31-23)30-25(36)29-8-4-2-3-5-9-32-10-12-33(13-11-32)14-15-34/h6-7,34H,2-5,8-16H2,1H3,(H2,28,35)(H2,29,30,36). The molecule has 38 heavy (non-hydrogen) atoms. The fraction of sp³-hybridized carbons (Fsp3) is 0.560. The molecule has 2 aromatic rings.